The van der Waals surface area contributed by atoms with E-state index in [2.05, 4.69) is 19.8 Å². The third-order valence-electron chi connectivity index (χ3n) is 4.82. The number of nitrogens with zero attached hydrogens (tertiary/aromatic N) is 4. The average molecular weight is 289 g/mol. The molecule has 7 heteroatoms. The molecule has 1 saturated carbocycles. The van der Waals surface area contributed by atoms with Gasteiger partial charge in [-0.15, -0.1) is 0 Å². The molecule has 21 heavy (non-hydrogen) atoms. The molecule has 7 nitrogen and oxygen atoms in total. The van der Waals surface area contributed by atoms with E-state index in [0.29, 0.717) is 11.5 Å². The van der Waals surface area contributed by atoms with Gasteiger partial charge in [-0.1, -0.05) is 0 Å². The number of carbonyl (C=O) groups excluding carboxylic acids is 1. The molecule has 112 valence electrons. The number of fused-ring (bicyclic) bond motifs is 1. The van der Waals surface area contributed by atoms with E-state index >= 15 is 0 Å². The Balaban J connectivity index is 1.37. The van der Waals surface area contributed by atoms with Gasteiger partial charge in [-0.2, -0.15) is 0 Å². The van der Waals surface area contributed by atoms with Crippen molar-refractivity contribution < 1.29 is 9.53 Å². The number of rotatable bonds is 3. The van der Waals surface area contributed by atoms with E-state index < -0.39 is 5.91 Å². The molecule has 0 spiro atoms. The number of amides is 1. The van der Waals surface area contributed by atoms with Crippen molar-refractivity contribution >= 4 is 11.9 Å². The van der Waals surface area contributed by atoms with E-state index in [4.69, 9.17) is 10.5 Å². The quantitative estimate of drug-likeness (QED) is 0.795. The standard InChI is InChI=1S/C14H19N5O2/c15-13(20)9-5-16-14(17-6-9)19-7-10-11(8-19)12(10)18-1-3-21-4-2-18/h5-6,10-12H,1-4,7-8H2,(H2,15,20). The molecule has 3 aliphatic rings. The van der Waals surface area contributed by atoms with Crippen molar-refractivity contribution in [2.75, 3.05) is 44.3 Å². The van der Waals surface area contributed by atoms with Crippen molar-refractivity contribution in [3.8, 4) is 0 Å². The second kappa shape index (κ2) is 4.92. The van der Waals surface area contributed by atoms with Crippen molar-refractivity contribution in [1.29, 1.82) is 0 Å². The molecule has 0 radical (unpaired) electrons. The van der Waals surface area contributed by atoms with Gasteiger partial charge in [0.2, 0.25) is 5.95 Å². The number of primary amides is 1. The highest BCUT2D eigenvalue weighted by atomic mass is 16.5. The van der Waals surface area contributed by atoms with Crippen LogP contribution < -0.4 is 10.6 Å². The molecule has 2 N–H and O–H groups in total. The maximum absolute atomic E-state index is 11.0. The summed E-state index contributed by atoms with van der Waals surface area (Å²) in [5.74, 6) is 1.66. The number of ether oxygens (including phenoxy) is 1. The summed E-state index contributed by atoms with van der Waals surface area (Å²) in [7, 11) is 0. The van der Waals surface area contributed by atoms with Gasteiger partial charge >= 0.3 is 0 Å². The molecule has 4 rings (SSSR count). The molecule has 2 unspecified atom stereocenters. The molecule has 1 amide bonds. The number of anilines is 1. The van der Waals surface area contributed by atoms with Gasteiger partial charge in [-0.25, -0.2) is 9.97 Å². The number of aromatic nitrogens is 2. The lowest BCUT2D eigenvalue weighted by Crippen LogP contribution is -2.42. The van der Waals surface area contributed by atoms with E-state index in [1.165, 1.54) is 12.4 Å². The van der Waals surface area contributed by atoms with Gasteiger partial charge in [-0.05, 0) is 11.8 Å². The van der Waals surface area contributed by atoms with Crippen LogP contribution in [-0.2, 0) is 4.74 Å². The van der Waals surface area contributed by atoms with Gasteiger partial charge in [0.25, 0.3) is 5.91 Å². The number of hydrogen-bond acceptors (Lipinski definition) is 6. The maximum Gasteiger partial charge on any atom is 0.251 e. The lowest BCUT2D eigenvalue weighted by Gasteiger charge is -2.30. The maximum atomic E-state index is 11.0. The Morgan fingerprint density at radius 1 is 1.19 bits per heavy atom. The molecule has 0 aromatic carbocycles. The number of carbonyl (C=O) groups is 1. The number of piperidine rings is 1. The van der Waals surface area contributed by atoms with Gasteiger partial charge in [0.1, 0.15) is 0 Å². The number of nitrogens with two attached hydrogens (primary N) is 1. The third-order valence-corrected chi connectivity index (χ3v) is 4.82. The van der Waals surface area contributed by atoms with Crippen molar-refractivity contribution in [1.82, 2.24) is 14.9 Å². The minimum Gasteiger partial charge on any atom is -0.379 e. The lowest BCUT2D eigenvalue weighted by molar-refractivity contribution is 0.0292. The normalized spacial score (nSPS) is 32.0. The molecule has 2 atom stereocenters. The second-order valence-electron chi connectivity index (χ2n) is 6.01. The fourth-order valence-electron chi connectivity index (χ4n) is 3.69. The summed E-state index contributed by atoms with van der Waals surface area (Å²) in [6.45, 7) is 5.84. The predicted octanol–water partition coefficient (Wildman–Crippen LogP) is -0.658. The van der Waals surface area contributed by atoms with E-state index in [1.54, 1.807) is 0 Å². The molecule has 2 saturated heterocycles. The zero-order valence-electron chi connectivity index (χ0n) is 11.8. The Bertz CT molecular complexity index is 531. The molecule has 1 aromatic rings. The Morgan fingerprint density at radius 2 is 1.81 bits per heavy atom. The first kappa shape index (κ1) is 13.0. The van der Waals surface area contributed by atoms with Crippen molar-refractivity contribution in [3.63, 3.8) is 0 Å². The van der Waals surface area contributed by atoms with Gasteiger partial charge in [0.15, 0.2) is 0 Å². The SMILES string of the molecule is NC(=O)c1cnc(N2CC3C(C2)C3N2CCOCC2)nc1. The van der Waals surface area contributed by atoms with Crippen LogP contribution in [0.3, 0.4) is 0 Å². The minimum absolute atomic E-state index is 0.356. The highest BCUT2D eigenvalue weighted by Crippen LogP contribution is 2.49. The van der Waals surface area contributed by atoms with Crippen LogP contribution in [0, 0.1) is 11.8 Å². The summed E-state index contributed by atoms with van der Waals surface area (Å²) in [6, 6.07) is 0.718. The summed E-state index contributed by atoms with van der Waals surface area (Å²) in [5, 5.41) is 0. The first-order valence-corrected chi connectivity index (χ1v) is 7.42. The van der Waals surface area contributed by atoms with Crippen LogP contribution >= 0.6 is 0 Å². The largest absolute Gasteiger partial charge is 0.379 e. The summed E-state index contributed by atoms with van der Waals surface area (Å²) in [4.78, 5) is 24.3. The van der Waals surface area contributed by atoms with Crippen LogP contribution in [0.4, 0.5) is 5.95 Å². The van der Waals surface area contributed by atoms with Gasteiger partial charge in [-0.3, -0.25) is 9.69 Å². The smallest absolute Gasteiger partial charge is 0.251 e. The van der Waals surface area contributed by atoms with Crippen LogP contribution in [0.1, 0.15) is 10.4 Å². The molecule has 3 fully saturated rings. The van der Waals surface area contributed by atoms with Crippen molar-refractivity contribution in [2.24, 2.45) is 17.6 Å². The summed E-state index contributed by atoms with van der Waals surface area (Å²) in [6.07, 6.45) is 3.02. The van der Waals surface area contributed by atoms with Crippen molar-refractivity contribution in [3.05, 3.63) is 18.0 Å². The van der Waals surface area contributed by atoms with Crippen LogP contribution in [0.5, 0.6) is 0 Å². The van der Waals surface area contributed by atoms with Gasteiger partial charge in [0, 0.05) is 44.6 Å². The molecule has 0 bridgehead atoms. The second-order valence-corrected chi connectivity index (χ2v) is 6.01. The summed E-state index contributed by atoms with van der Waals surface area (Å²) in [5.41, 5.74) is 5.55. The Kier molecular flexibility index (Phi) is 3.04. The Morgan fingerprint density at radius 3 is 2.38 bits per heavy atom. The Labute approximate surface area is 123 Å². The fourth-order valence-corrected chi connectivity index (χ4v) is 3.69. The molecular formula is C14H19N5O2. The van der Waals surface area contributed by atoms with Crippen LogP contribution in [0.25, 0.3) is 0 Å². The molecule has 1 aliphatic carbocycles. The number of morpholine rings is 1. The van der Waals surface area contributed by atoms with E-state index in [-0.39, 0.29) is 0 Å². The lowest BCUT2D eigenvalue weighted by atomic mass is 10.3. The zero-order valence-corrected chi connectivity index (χ0v) is 11.8. The minimum atomic E-state index is -0.488. The predicted molar refractivity (Wildman–Crippen MR) is 75.9 cm³/mol. The number of hydrogen-bond donors (Lipinski definition) is 1. The Hall–Kier alpha value is -1.73. The molecule has 1 aromatic heterocycles. The van der Waals surface area contributed by atoms with Crippen LogP contribution in [0.15, 0.2) is 12.4 Å². The highest BCUT2D eigenvalue weighted by molar-refractivity contribution is 5.92. The third kappa shape index (κ3) is 2.26. The monoisotopic (exact) mass is 289 g/mol. The molecule has 3 heterocycles. The van der Waals surface area contributed by atoms with E-state index in [0.717, 1.165) is 57.3 Å². The van der Waals surface area contributed by atoms with Gasteiger partial charge < -0.3 is 15.4 Å². The fraction of sp³-hybridized carbons (Fsp3) is 0.643. The zero-order chi connectivity index (χ0) is 14.4. The summed E-state index contributed by atoms with van der Waals surface area (Å²) >= 11 is 0. The van der Waals surface area contributed by atoms with Crippen LogP contribution in [0.2, 0.25) is 0 Å². The van der Waals surface area contributed by atoms with Crippen LogP contribution in [-0.4, -0.2) is 66.2 Å². The first-order chi connectivity index (χ1) is 10.2. The molecule has 2 aliphatic heterocycles. The van der Waals surface area contributed by atoms with E-state index in [9.17, 15) is 4.79 Å². The van der Waals surface area contributed by atoms with Gasteiger partial charge in [0.05, 0.1) is 18.8 Å². The topological polar surface area (TPSA) is 84.6 Å². The van der Waals surface area contributed by atoms with E-state index in [1.807, 2.05) is 0 Å². The summed E-state index contributed by atoms with van der Waals surface area (Å²) < 4.78 is 5.41. The highest BCUT2D eigenvalue weighted by Gasteiger charge is 2.58. The first-order valence-electron chi connectivity index (χ1n) is 7.42. The average Bonchev–Trinajstić information content (AvgIpc) is 3.02. The molecular weight excluding hydrogens is 270 g/mol. The van der Waals surface area contributed by atoms with Crippen molar-refractivity contribution in [2.45, 2.75) is 6.04 Å².